The average Bonchev–Trinajstić information content (AvgIpc) is 2.59. The molecule has 0 radical (unpaired) electrons. The van der Waals surface area contributed by atoms with Gasteiger partial charge >= 0.3 is 0 Å². The third-order valence-electron chi connectivity index (χ3n) is 3.71. The predicted octanol–water partition coefficient (Wildman–Crippen LogP) is 3.40. The molecule has 120 valence electrons. The van der Waals surface area contributed by atoms with Crippen molar-refractivity contribution in [3.05, 3.63) is 71.4 Å². The molecule has 0 saturated heterocycles. The van der Waals surface area contributed by atoms with Crippen LogP contribution in [0.5, 0.6) is 5.75 Å². The number of hydrogen-bond donors (Lipinski definition) is 2. The largest absolute Gasteiger partial charge is 0.507 e. The number of aromatic hydroxyl groups is 1. The number of carbonyl (C=O) groups excluding carboxylic acids is 1. The molecule has 0 unspecified atom stereocenters. The lowest BCUT2D eigenvalue weighted by Crippen LogP contribution is -2.20. The first-order valence-corrected chi connectivity index (χ1v) is 7.55. The van der Waals surface area contributed by atoms with Gasteiger partial charge in [0.1, 0.15) is 5.75 Å². The van der Waals surface area contributed by atoms with Gasteiger partial charge in [-0.15, -0.1) is 0 Å². The Kier molecular flexibility index (Phi) is 4.24. The van der Waals surface area contributed by atoms with Gasteiger partial charge in [0.25, 0.3) is 5.91 Å². The zero-order chi connectivity index (χ0) is 17.1. The molecule has 5 heteroatoms. The SMILES string of the molecule is C/C(=N\NC(=O)c1cc(C)nc2ccccc12)c1ccccc1O. The number of nitrogens with one attached hydrogen (secondary N) is 1. The molecule has 0 aliphatic carbocycles. The summed E-state index contributed by atoms with van der Waals surface area (Å²) in [5, 5.41) is 14.7. The summed E-state index contributed by atoms with van der Waals surface area (Å²) >= 11 is 0. The lowest BCUT2D eigenvalue weighted by atomic mass is 10.1. The van der Waals surface area contributed by atoms with Crippen LogP contribution in [0, 0.1) is 6.92 Å². The zero-order valence-corrected chi connectivity index (χ0v) is 13.4. The van der Waals surface area contributed by atoms with E-state index < -0.39 is 0 Å². The van der Waals surface area contributed by atoms with Crippen LogP contribution in [0.4, 0.5) is 0 Å². The highest BCUT2D eigenvalue weighted by molar-refractivity contribution is 6.07. The normalized spacial score (nSPS) is 11.5. The Bertz CT molecular complexity index is 948. The van der Waals surface area contributed by atoms with E-state index in [1.807, 2.05) is 31.2 Å². The monoisotopic (exact) mass is 319 g/mol. The highest BCUT2D eigenvalue weighted by Gasteiger charge is 2.12. The highest BCUT2D eigenvalue weighted by atomic mass is 16.3. The van der Waals surface area contributed by atoms with Crippen LogP contribution < -0.4 is 5.43 Å². The van der Waals surface area contributed by atoms with Gasteiger partial charge < -0.3 is 5.11 Å². The number of para-hydroxylation sites is 2. The maximum Gasteiger partial charge on any atom is 0.272 e. The van der Waals surface area contributed by atoms with E-state index in [1.54, 1.807) is 37.3 Å². The van der Waals surface area contributed by atoms with Crippen molar-refractivity contribution in [1.82, 2.24) is 10.4 Å². The minimum atomic E-state index is -0.313. The van der Waals surface area contributed by atoms with Crippen molar-refractivity contribution >= 4 is 22.5 Å². The fraction of sp³-hybridized carbons (Fsp3) is 0.105. The molecule has 0 atom stereocenters. The molecule has 2 N–H and O–H groups in total. The fourth-order valence-electron chi connectivity index (χ4n) is 2.53. The molecule has 1 amide bonds. The first kappa shape index (κ1) is 15.7. The maximum atomic E-state index is 12.5. The van der Waals surface area contributed by atoms with Gasteiger partial charge in [0.15, 0.2) is 0 Å². The van der Waals surface area contributed by atoms with Crippen LogP contribution in [-0.2, 0) is 0 Å². The number of benzene rings is 2. The number of phenols is 1. The minimum absolute atomic E-state index is 0.123. The number of pyridine rings is 1. The quantitative estimate of drug-likeness (QED) is 0.574. The summed E-state index contributed by atoms with van der Waals surface area (Å²) in [4.78, 5) is 16.9. The summed E-state index contributed by atoms with van der Waals surface area (Å²) < 4.78 is 0. The molecular formula is C19H17N3O2. The summed E-state index contributed by atoms with van der Waals surface area (Å²) in [7, 11) is 0. The second-order valence-electron chi connectivity index (χ2n) is 5.48. The molecule has 1 aromatic heterocycles. The van der Waals surface area contributed by atoms with Crippen LogP contribution in [0.3, 0.4) is 0 Å². The van der Waals surface area contributed by atoms with Gasteiger partial charge in [-0.2, -0.15) is 5.10 Å². The van der Waals surface area contributed by atoms with Crippen LogP contribution in [-0.4, -0.2) is 21.7 Å². The van der Waals surface area contributed by atoms with Crippen LogP contribution in [0.15, 0.2) is 59.7 Å². The molecule has 0 spiro atoms. The van der Waals surface area contributed by atoms with Gasteiger partial charge in [-0.25, -0.2) is 5.43 Å². The third kappa shape index (κ3) is 3.10. The van der Waals surface area contributed by atoms with E-state index in [0.29, 0.717) is 16.8 Å². The van der Waals surface area contributed by atoms with Gasteiger partial charge in [0.05, 0.1) is 16.8 Å². The Hall–Kier alpha value is -3.21. The molecule has 3 aromatic rings. The summed E-state index contributed by atoms with van der Waals surface area (Å²) in [5.41, 5.74) is 5.71. The minimum Gasteiger partial charge on any atom is -0.507 e. The summed E-state index contributed by atoms with van der Waals surface area (Å²) in [6.45, 7) is 3.57. The van der Waals surface area contributed by atoms with E-state index in [0.717, 1.165) is 16.6 Å². The van der Waals surface area contributed by atoms with Gasteiger partial charge in [-0.05, 0) is 38.1 Å². The number of aromatic nitrogens is 1. The fourth-order valence-corrected chi connectivity index (χ4v) is 2.53. The summed E-state index contributed by atoms with van der Waals surface area (Å²) in [5.74, 6) is -0.190. The van der Waals surface area contributed by atoms with Gasteiger partial charge in [0.2, 0.25) is 0 Å². The first-order chi connectivity index (χ1) is 11.6. The van der Waals surface area contributed by atoms with E-state index in [4.69, 9.17) is 0 Å². The second kappa shape index (κ2) is 6.50. The zero-order valence-electron chi connectivity index (χ0n) is 13.4. The number of aryl methyl sites for hydroxylation is 1. The number of amides is 1. The van der Waals surface area contributed by atoms with Gasteiger partial charge in [0, 0.05) is 16.6 Å². The van der Waals surface area contributed by atoms with E-state index in [-0.39, 0.29) is 11.7 Å². The molecule has 2 aromatic carbocycles. The summed E-state index contributed by atoms with van der Waals surface area (Å²) in [6, 6.07) is 16.1. The molecule has 0 bridgehead atoms. The van der Waals surface area contributed by atoms with Crippen molar-refractivity contribution in [1.29, 1.82) is 0 Å². The Morgan fingerprint density at radius 1 is 1.08 bits per heavy atom. The molecule has 0 saturated carbocycles. The smallest absolute Gasteiger partial charge is 0.272 e. The molecule has 0 aliphatic heterocycles. The Morgan fingerprint density at radius 3 is 2.58 bits per heavy atom. The van der Waals surface area contributed by atoms with Crippen molar-refractivity contribution in [2.75, 3.05) is 0 Å². The molecular weight excluding hydrogens is 302 g/mol. The van der Waals surface area contributed by atoms with Crippen molar-refractivity contribution in [3.8, 4) is 5.75 Å². The standard InChI is InChI=1S/C19H17N3O2/c1-12-11-16(15-8-3-5-9-17(15)20-12)19(24)22-21-13(2)14-7-4-6-10-18(14)23/h3-11,23H,1-2H3,(H,22,24)/b21-13+. The van der Waals surface area contributed by atoms with Crippen LogP contribution in [0.2, 0.25) is 0 Å². The molecule has 3 rings (SSSR count). The van der Waals surface area contributed by atoms with Crippen molar-refractivity contribution in [3.63, 3.8) is 0 Å². The highest BCUT2D eigenvalue weighted by Crippen LogP contribution is 2.19. The Balaban J connectivity index is 1.91. The van der Waals surface area contributed by atoms with Crippen molar-refractivity contribution < 1.29 is 9.90 Å². The first-order valence-electron chi connectivity index (χ1n) is 7.55. The number of hydrogen-bond acceptors (Lipinski definition) is 4. The number of hydrazone groups is 1. The van der Waals surface area contributed by atoms with E-state index in [9.17, 15) is 9.90 Å². The van der Waals surface area contributed by atoms with Crippen molar-refractivity contribution in [2.45, 2.75) is 13.8 Å². The molecule has 1 heterocycles. The molecule has 0 aliphatic rings. The topological polar surface area (TPSA) is 74.6 Å². The van der Waals surface area contributed by atoms with Crippen molar-refractivity contribution in [2.24, 2.45) is 5.10 Å². The van der Waals surface area contributed by atoms with Crippen LogP contribution in [0.25, 0.3) is 10.9 Å². The maximum absolute atomic E-state index is 12.5. The Morgan fingerprint density at radius 2 is 1.79 bits per heavy atom. The van der Waals surface area contributed by atoms with Gasteiger partial charge in [-0.1, -0.05) is 30.3 Å². The molecule has 5 nitrogen and oxygen atoms in total. The Labute approximate surface area is 139 Å². The van der Waals surface area contributed by atoms with Crippen LogP contribution in [0.1, 0.15) is 28.5 Å². The van der Waals surface area contributed by atoms with Crippen LogP contribution >= 0.6 is 0 Å². The average molecular weight is 319 g/mol. The summed E-state index contributed by atoms with van der Waals surface area (Å²) in [6.07, 6.45) is 0. The number of nitrogens with zero attached hydrogens (tertiary/aromatic N) is 2. The van der Waals surface area contributed by atoms with E-state index >= 15 is 0 Å². The number of fused-ring (bicyclic) bond motifs is 1. The molecule has 24 heavy (non-hydrogen) atoms. The second-order valence-corrected chi connectivity index (χ2v) is 5.48. The van der Waals surface area contributed by atoms with E-state index in [1.165, 1.54) is 0 Å². The lowest BCUT2D eigenvalue weighted by Gasteiger charge is -2.08. The van der Waals surface area contributed by atoms with E-state index in [2.05, 4.69) is 15.5 Å². The number of rotatable bonds is 3. The number of phenolic OH excluding ortho intramolecular Hbond substituents is 1. The van der Waals surface area contributed by atoms with Gasteiger partial charge in [-0.3, -0.25) is 9.78 Å². The third-order valence-corrected chi connectivity index (χ3v) is 3.71. The lowest BCUT2D eigenvalue weighted by molar-refractivity contribution is 0.0956. The molecule has 0 fully saturated rings. The number of carbonyl (C=O) groups is 1. The predicted molar refractivity (Wildman–Crippen MR) is 94.3 cm³/mol.